The molecule has 2 atom stereocenters. The van der Waals surface area contributed by atoms with Crippen molar-refractivity contribution in [2.75, 3.05) is 26.6 Å². The van der Waals surface area contributed by atoms with Crippen LogP contribution in [0.5, 0.6) is 0 Å². The summed E-state index contributed by atoms with van der Waals surface area (Å²) in [6.07, 6.45) is -0.345. The molecule has 6 nitrogen and oxygen atoms in total. The van der Waals surface area contributed by atoms with Gasteiger partial charge in [-0.1, -0.05) is 12.2 Å². The van der Waals surface area contributed by atoms with Gasteiger partial charge >= 0.3 is 12.1 Å². The molecular weight excluding hydrogens is 322 g/mol. The van der Waals surface area contributed by atoms with Gasteiger partial charge < -0.3 is 14.2 Å². The number of rotatable bonds is 5. The Morgan fingerprint density at radius 3 is 2.39 bits per heavy atom. The van der Waals surface area contributed by atoms with Crippen molar-refractivity contribution in [1.82, 2.24) is 4.90 Å². The molecule has 1 aliphatic rings. The van der Waals surface area contributed by atoms with Crippen LogP contribution in [0.3, 0.4) is 0 Å². The largest absolute Gasteiger partial charge is 0.467 e. The molecule has 7 heteroatoms. The SMILES string of the molecule is C=C(CCl)C[C@@]1(C(=O)OC)C[C@H](OC)CN1C(=O)OC(C)(C)C. The third-order valence-electron chi connectivity index (χ3n) is 3.71. The van der Waals surface area contributed by atoms with Crippen LogP contribution in [-0.4, -0.2) is 60.9 Å². The van der Waals surface area contributed by atoms with Crippen LogP contribution in [0, 0.1) is 0 Å². The average molecular weight is 348 g/mol. The average Bonchev–Trinajstić information content (AvgIpc) is 2.84. The van der Waals surface area contributed by atoms with Gasteiger partial charge in [-0.2, -0.15) is 0 Å². The Morgan fingerprint density at radius 1 is 1.35 bits per heavy atom. The molecule has 0 bridgehead atoms. The van der Waals surface area contributed by atoms with E-state index in [0.29, 0.717) is 12.0 Å². The lowest BCUT2D eigenvalue weighted by atomic mass is 9.88. The summed E-state index contributed by atoms with van der Waals surface area (Å²) in [7, 11) is 2.84. The summed E-state index contributed by atoms with van der Waals surface area (Å²) in [6.45, 7) is 9.41. The molecule has 0 N–H and O–H groups in total. The van der Waals surface area contributed by atoms with Crippen molar-refractivity contribution in [2.45, 2.75) is 50.9 Å². The molecule has 23 heavy (non-hydrogen) atoms. The van der Waals surface area contributed by atoms with E-state index in [0.717, 1.165) is 0 Å². The number of carbonyl (C=O) groups excluding carboxylic acids is 2. The number of esters is 1. The lowest BCUT2D eigenvalue weighted by Gasteiger charge is -2.36. The number of alkyl halides is 1. The standard InChI is InChI=1S/C16H26ClNO5/c1-11(9-17)7-16(13(19)22-6)8-12(21-5)10-18(16)14(20)23-15(2,3)4/h12H,1,7-10H2,2-6H3/t12-,16-/m0/s1. The fourth-order valence-corrected chi connectivity index (χ4v) is 2.83. The van der Waals surface area contributed by atoms with E-state index >= 15 is 0 Å². The van der Waals surface area contributed by atoms with Gasteiger partial charge in [0.1, 0.15) is 11.1 Å². The van der Waals surface area contributed by atoms with Crippen LogP contribution in [0.25, 0.3) is 0 Å². The van der Waals surface area contributed by atoms with Gasteiger partial charge in [0, 0.05) is 25.8 Å². The van der Waals surface area contributed by atoms with Gasteiger partial charge in [0.25, 0.3) is 0 Å². The molecular formula is C16H26ClNO5. The molecule has 1 heterocycles. The van der Waals surface area contributed by atoms with Gasteiger partial charge in [-0.25, -0.2) is 9.59 Å². The third kappa shape index (κ3) is 4.61. The zero-order chi connectivity index (χ0) is 17.8. The van der Waals surface area contributed by atoms with Crippen LogP contribution in [-0.2, 0) is 19.0 Å². The smallest absolute Gasteiger partial charge is 0.411 e. The molecule has 0 aliphatic carbocycles. The van der Waals surface area contributed by atoms with E-state index in [1.54, 1.807) is 27.9 Å². The fraction of sp³-hybridized carbons (Fsp3) is 0.750. The predicted molar refractivity (Wildman–Crippen MR) is 87.6 cm³/mol. The van der Waals surface area contributed by atoms with Crippen molar-refractivity contribution in [3.63, 3.8) is 0 Å². The zero-order valence-electron chi connectivity index (χ0n) is 14.5. The van der Waals surface area contributed by atoms with Crippen LogP contribution in [0.1, 0.15) is 33.6 Å². The Bertz CT molecular complexity index is 474. The Balaban J connectivity index is 3.21. The first-order valence-corrected chi connectivity index (χ1v) is 7.97. The minimum absolute atomic E-state index is 0.193. The van der Waals surface area contributed by atoms with Crippen molar-refractivity contribution in [1.29, 1.82) is 0 Å². The lowest BCUT2D eigenvalue weighted by molar-refractivity contribution is -0.153. The van der Waals surface area contributed by atoms with Crippen molar-refractivity contribution in [2.24, 2.45) is 0 Å². The first kappa shape index (κ1) is 19.8. The van der Waals surface area contributed by atoms with Gasteiger partial charge in [-0.15, -0.1) is 11.6 Å². The number of amides is 1. The highest BCUT2D eigenvalue weighted by Gasteiger charge is 2.55. The highest BCUT2D eigenvalue weighted by molar-refractivity contribution is 6.19. The highest BCUT2D eigenvalue weighted by atomic mass is 35.5. The Morgan fingerprint density at radius 2 is 1.96 bits per heavy atom. The summed E-state index contributed by atoms with van der Waals surface area (Å²) < 4.78 is 15.8. The van der Waals surface area contributed by atoms with E-state index < -0.39 is 23.2 Å². The molecule has 1 saturated heterocycles. The van der Waals surface area contributed by atoms with E-state index in [-0.39, 0.29) is 24.9 Å². The summed E-state index contributed by atoms with van der Waals surface area (Å²) in [5.41, 5.74) is -1.24. The Labute approximate surface area is 142 Å². The molecule has 1 fully saturated rings. The third-order valence-corrected chi connectivity index (χ3v) is 4.09. The molecule has 0 spiro atoms. The summed E-state index contributed by atoms with van der Waals surface area (Å²) >= 11 is 5.83. The molecule has 0 unspecified atom stereocenters. The van der Waals surface area contributed by atoms with E-state index in [4.69, 9.17) is 25.8 Å². The quantitative estimate of drug-likeness (QED) is 0.434. The molecule has 1 amide bonds. The maximum atomic E-state index is 12.6. The molecule has 1 rings (SSSR count). The highest BCUT2D eigenvalue weighted by Crippen LogP contribution is 2.38. The minimum atomic E-state index is -1.20. The maximum Gasteiger partial charge on any atom is 0.411 e. The monoisotopic (exact) mass is 347 g/mol. The van der Waals surface area contributed by atoms with E-state index in [2.05, 4.69) is 6.58 Å². The molecule has 1 aliphatic heterocycles. The van der Waals surface area contributed by atoms with E-state index in [1.807, 2.05) is 0 Å². The normalized spacial score (nSPS) is 24.4. The molecule has 0 saturated carbocycles. The number of halogens is 1. The van der Waals surface area contributed by atoms with Crippen LogP contribution >= 0.6 is 11.6 Å². The number of methoxy groups -OCH3 is 2. The molecule has 0 aromatic rings. The zero-order valence-corrected chi connectivity index (χ0v) is 15.2. The first-order valence-electron chi connectivity index (χ1n) is 7.44. The van der Waals surface area contributed by atoms with Crippen molar-refractivity contribution in [3.05, 3.63) is 12.2 Å². The van der Waals surface area contributed by atoms with Gasteiger partial charge in [0.05, 0.1) is 19.8 Å². The fourth-order valence-electron chi connectivity index (χ4n) is 2.74. The van der Waals surface area contributed by atoms with Crippen molar-refractivity contribution < 1.29 is 23.8 Å². The van der Waals surface area contributed by atoms with Crippen LogP contribution in [0.15, 0.2) is 12.2 Å². The van der Waals surface area contributed by atoms with Crippen LogP contribution in [0.4, 0.5) is 4.79 Å². The second kappa shape index (κ2) is 7.53. The van der Waals surface area contributed by atoms with Gasteiger partial charge in [-0.3, -0.25) is 4.90 Å². The Hall–Kier alpha value is -1.27. The number of carbonyl (C=O) groups is 2. The van der Waals surface area contributed by atoms with Crippen molar-refractivity contribution in [3.8, 4) is 0 Å². The summed E-state index contributed by atoms with van der Waals surface area (Å²) in [5, 5.41) is 0. The lowest BCUT2D eigenvalue weighted by Crippen LogP contribution is -2.55. The predicted octanol–water partition coefficient (Wildman–Crippen LogP) is 2.74. The molecule has 0 radical (unpaired) electrons. The summed E-state index contributed by atoms with van der Waals surface area (Å²) in [5.74, 6) is -0.326. The van der Waals surface area contributed by atoms with Crippen LogP contribution in [0.2, 0.25) is 0 Å². The number of hydrogen-bond acceptors (Lipinski definition) is 5. The number of ether oxygens (including phenoxy) is 3. The van der Waals surface area contributed by atoms with Crippen molar-refractivity contribution >= 4 is 23.7 Å². The van der Waals surface area contributed by atoms with E-state index in [1.165, 1.54) is 12.0 Å². The molecule has 0 aromatic heterocycles. The summed E-state index contributed by atoms with van der Waals surface area (Å²) in [6, 6.07) is 0. The van der Waals surface area contributed by atoms with Crippen LogP contribution < -0.4 is 0 Å². The second-order valence-electron chi connectivity index (χ2n) is 6.74. The molecule has 132 valence electrons. The van der Waals surface area contributed by atoms with Gasteiger partial charge in [0.15, 0.2) is 0 Å². The second-order valence-corrected chi connectivity index (χ2v) is 7.00. The van der Waals surface area contributed by atoms with Gasteiger partial charge in [-0.05, 0) is 20.8 Å². The van der Waals surface area contributed by atoms with Gasteiger partial charge in [0.2, 0.25) is 0 Å². The Kier molecular flexibility index (Phi) is 6.48. The number of hydrogen-bond donors (Lipinski definition) is 0. The van der Waals surface area contributed by atoms with E-state index in [9.17, 15) is 9.59 Å². The maximum absolute atomic E-state index is 12.6. The topological polar surface area (TPSA) is 65.1 Å². The minimum Gasteiger partial charge on any atom is -0.467 e. The number of likely N-dealkylation sites (tertiary alicyclic amines) is 1. The molecule has 0 aromatic carbocycles. The first-order chi connectivity index (χ1) is 10.6. The number of nitrogens with zero attached hydrogens (tertiary/aromatic N) is 1. The summed E-state index contributed by atoms with van der Waals surface area (Å²) in [4.78, 5) is 26.5.